The number of hydrogen-bond donors (Lipinski definition) is 1. The van der Waals surface area contributed by atoms with Gasteiger partial charge in [-0.15, -0.1) is 0 Å². The van der Waals surface area contributed by atoms with Crippen LogP contribution in [0.1, 0.15) is 39.1 Å². The van der Waals surface area contributed by atoms with Crippen LogP contribution in [0.25, 0.3) is 10.9 Å². The number of aromatic nitrogens is 2. The molecule has 1 amide bonds. The number of aryl methyl sites for hydroxylation is 1. The monoisotopic (exact) mass is 357 g/mol. The molecule has 1 aromatic carbocycles. The molecule has 5 rings (SSSR count). The fourth-order valence-electron chi connectivity index (χ4n) is 4.07. The van der Waals surface area contributed by atoms with Crippen molar-refractivity contribution in [3.63, 3.8) is 0 Å². The minimum absolute atomic E-state index is 0.0267. The lowest BCUT2D eigenvalue weighted by Crippen LogP contribution is -2.41. The first-order chi connectivity index (χ1) is 13.2. The number of pyridine rings is 1. The van der Waals surface area contributed by atoms with Crippen molar-refractivity contribution in [1.29, 1.82) is 0 Å². The number of para-hydroxylation sites is 1. The van der Waals surface area contributed by atoms with E-state index < -0.39 is 0 Å². The summed E-state index contributed by atoms with van der Waals surface area (Å²) >= 11 is 0. The normalized spacial score (nSPS) is 16.5. The Bertz CT molecular complexity index is 1130. The largest absolute Gasteiger partial charge is 0.469 e. The van der Waals surface area contributed by atoms with Crippen LogP contribution >= 0.6 is 0 Å². The number of H-pyrrole nitrogens is 1. The van der Waals surface area contributed by atoms with Gasteiger partial charge in [-0.05, 0) is 43.2 Å². The summed E-state index contributed by atoms with van der Waals surface area (Å²) in [4.78, 5) is 23.3. The third-order valence-electron chi connectivity index (χ3n) is 5.35. The molecule has 0 radical (unpaired) electrons. The Morgan fingerprint density at radius 1 is 1.19 bits per heavy atom. The summed E-state index contributed by atoms with van der Waals surface area (Å²) in [7, 11) is 0. The second-order valence-electron chi connectivity index (χ2n) is 6.86. The summed E-state index contributed by atoms with van der Waals surface area (Å²) in [5.74, 6) is 0.614. The van der Waals surface area contributed by atoms with Crippen molar-refractivity contribution in [3.8, 4) is 0 Å². The van der Waals surface area contributed by atoms with E-state index in [0.717, 1.165) is 23.3 Å². The first-order valence-corrected chi connectivity index (χ1v) is 9.09. The number of benzene rings is 1. The lowest BCUT2D eigenvalue weighted by molar-refractivity contribution is 0.0687. The summed E-state index contributed by atoms with van der Waals surface area (Å²) in [6, 6.07) is 15.6. The van der Waals surface area contributed by atoms with Crippen LogP contribution in [0.15, 0.2) is 65.4 Å². The highest BCUT2D eigenvalue weighted by Gasteiger charge is 2.36. The van der Waals surface area contributed by atoms with Gasteiger partial charge in [0.25, 0.3) is 5.91 Å². The molecule has 0 spiro atoms. The average Bonchev–Trinajstić information content (AvgIpc) is 3.30. The molecule has 1 aliphatic rings. The van der Waals surface area contributed by atoms with Crippen molar-refractivity contribution in [2.75, 3.05) is 6.54 Å². The van der Waals surface area contributed by atoms with Crippen molar-refractivity contribution in [1.82, 2.24) is 14.9 Å². The lowest BCUT2D eigenvalue weighted by atomic mass is 9.94. The van der Waals surface area contributed by atoms with Gasteiger partial charge in [0.05, 0.1) is 17.5 Å². The van der Waals surface area contributed by atoms with Crippen molar-refractivity contribution >= 4 is 16.8 Å². The maximum absolute atomic E-state index is 13.3. The minimum Gasteiger partial charge on any atom is -0.469 e. The zero-order valence-corrected chi connectivity index (χ0v) is 15.0. The van der Waals surface area contributed by atoms with Crippen LogP contribution < -0.4 is 0 Å². The Kier molecular flexibility index (Phi) is 3.60. The van der Waals surface area contributed by atoms with Crippen LogP contribution in [0.5, 0.6) is 0 Å². The number of rotatable bonds is 2. The van der Waals surface area contributed by atoms with E-state index in [9.17, 15) is 4.79 Å². The van der Waals surface area contributed by atoms with Crippen molar-refractivity contribution < 1.29 is 9.21 Å². The van der Waals surface area contributed by atoms with Crippen molar-refractivity contribution in [3.05, 3.63) is 89.3 Å². The maximum Gasteiger partial charge on any atom is 0.258 e. The van der Waals surface area contributed by atoms with Crippen LogP contribution in [-0.4, -0.2) is 27.3 Å². The molecule has 0 fully saturated rings. The van der Waals surface area contributed by atoms with Crippen LogP contribution in [0.3, 0.4) is 0 Å². The van der Waals surface area contributed by atoms with E-state index in [1.54, 1.807) is 18.5 Å². The summed E-state index contributed by atoms with van der Waals surface area (Å²) in [6.45, 7) is 2.46. The fraction of sp³-hybridized carbons (Fsp3) is 0.182. The molecule has 4 aromatic rings. The molecule has 0 bridgehead atoms. The molecule has 27 heavy (non-hydrogen) atoms. The van der Waals surface area contributed by atoms with E-state index >= 15 is 0 Å². The molecule has 0 aliphatic carbocycles. The Morgan fingerprint density at radius 3 is 2.81 bits per heavy atom. The first-order valence-electron chi connectivity index (χ1n) is 9.09. The smallest absolute Gasteiger partial charge is 0.258 e. The first kappa shape index (κ1) is 15.9. The summed E-state index contributed by atoms with van der Waals surface area (Å²) in [5, 5.41) is 1.22. The standard InChI is InChI=1S/C22H19N3O2/c1-14-15(10-13-27-14)22(26)25-12-9-17-16-6-2-3-7-18(16)24-20(17)21(25)19-8-4-5-11-23-19/h2-8,10-11,13,21,24H,9,12H2,1H3. The van der Waals surface area contributed by atoms with Crippen LogP contribution in [0.2, 0.25) is 0 Å². The SMILES string of the molecule is Cc1occc1C(=O)N1CCc2c([nH]c3ccccc23)C1c1ccccn1. The van der Waals surface area contributed by atoms with Gasteiger partial charge in [0.2, 0.25) is 0 Å². The van der Waals surface area contributed by atoms with Gasteiger partial charge in [-0.25, -0.2) is 0 Å². The van der Waals surface area contributed by atoms with Gasteiger partial charge in [0.15, 0.2) is 0 Å². The fourth-order valence-corrected chi connectivity index (χ4v) is 4.07. The Hall–Kier alpha value is -3.34. The number of hydrogen-bond acceptors (Lipinski definition) is 3. The third-order valence-corrected chi connectivity index (χ3v) is 5.35. The van der Waals surface area contributed by atoms with Gasteiger partial charge in [0.1, 0.15) is 11.8 Å². The molecule has 3 aromatic heterocycles. The van der Waals surface area contributed by atoms with Crippen LogP contribution in [0.4, 0.5) is 0 Å². The topological polar surface area (TPSA) is 62.1 Å². The molecular weight excluding hydrogens is 338 g/mol. The van der Waals surface area contributed by atoms with E-state index in [1.807, 2.05) is 36.1 Å². The highest BCUT2D eigenvalue weighted by atomic mass is 16.3. The number of furan rings is 1. The maximum atomic E-state index is 13.3. The van der Waals surface area contributed by atoms with Crippen molar-refractivity contribution in [2.45, 2.75) is 19.4 Å². The van der Waals surface area contributed by atoms with Gasteiger partial charge in [0, 0.05) is 29.3 Å². The molecule has 1 unspecified atom stereocenters. The second-order valence-corrected chi connectivity index (χ2v) is 6.86. The predicted octanol–water partition coefficient (Wildman–Crippen LogP) is 4.25. The highest BCUT2D eigenvalue weighted by molar-refractivity contribution is 5.96. The van der Waals surface area contributed by atoms with Gasteiger partial charge in [-0.1, -0.05) is 24.3 Å². The molecule has 0 saturated heterocycles. The Morgan fingerprint density at radius 2 is 2.04 bits per heavy atom. The molecule has 5 nitrogen and oxygen atoms in total. The second kappa shape index (κ2) is 6.13. The van der Waals surface area contributed by atoms with Gasteiger partial charge in [-0.2, -0.15) is 0 Å². The van der Waals surface area contributed by atoms with Gasteiger partial charge >= 0.3 is 0 Å². The van der Waals surface area contributed by atoms with E-state index in [2.05, 4.69) is 28.2 Å². The minimum atomic E-state index is -0.246. The number of amides is 1. The Labute approximate surface area is 156 Å². The van der Waals surface area contributed by atoms with E-state index in [0.29, 0.717) is 17.9 Å². The molecule has 1 N–H and O–H groups in total. The van der Waals surface area contributed by atoms with E-state index in [1.165, 1.54) is 10.9 Å². The van der Waals surface area contributed by atoms with Crippen LogP contribution in [0, 0.1) is 6.92 Å². The number of carbonyl (C=O) groups excluding carboxylic acids is 1. The molecule has 134 valence electrons. The average molecular weight is 357 g/mol. The Balaban J connectivity index is 1.68. The van der Waals surface area contributed by atoms with Crippen LogP contribution in [-0.2, 0) is 6.42 Å². The molecular formula is C22H19N3O2. The third kappa shape index (κ3) is 2.46. The molecule has 1 atom stereocenters. The zero-order valence-electron chi connectivity index (χ0n) is 15.0. The van der Waals surface area contributed by atoms with Gasteiger partial charge < -0.3 is 14.3 Å². The van der Waals surface area contributed by atoms with E-state index in [4.69, 9.17) is 4.42 Å². The molecule has 1 aliphatic heterocycles. The predicted molar refractivity (Wildman–Crippen MR) is 103 cm³/mol. The molecule has 4 heterocycles. The highest BCUT2D eigenvalue weighted by Crippen LogP contribution is 2.38. The van der Waals surface area contributed by atoms with Gasteiger partial charge in [-0.3, -0.25) is 9.78 Å². The number of nitrogens with one attached hydrogen (secondary N) is 1. The molecule has 0 saturated carbocycles. The summed E-state index contributed by atoms with van der Waals surface area (Å²) in [6.07, 6.45) is 4.15. The number of aromatic amines is 1. The number of carbonyl (C=O) groups is 1. The summed E-state index contributed by atoms with van der Waals surface area (Å²) < 4.78 is 5.36. The number of nitrogens with zero attached hydrogens (tertiary/aromatic N) is 2. The quantitative estimate of drug-likeness (QED) is 0.583. The van der Waals surface area contributed by atoms with E-state index in [-0.39, 0.29) is 11.9 Å². The number of fused-ring (bicyclic) bond motifs is 3. The lowest BCUT2D eigenvalue weighted by Gasteiger charge is -2.35. The zero-order chi connectivity index (χ0) is 18.4. The van der Waals surface area contributed by atoms with Crippen molar-refractivity contribution in [2.24, 2.45) is 0 Å². The molecule has 5 heteroatoms. The summed E-state index contributed by atoms with van der Waals surface area (Å²) in [5.41, 5.74) is 4.89.